The van der Waals surface area contributed by atoms with E-state index in [1.165, 1.54) is 18.4 Å². The number of ether oxygens (including phenoxy) is 2. The van der Waals surface area contributed by atoms with Gasteiger partial charge in [-0.25, -0.2) is 9.78 Å². The van der Waals surface area contributed by atoms with E-state index in [1.807, 2.05) is 0 Å². The van der Waals surface area contributed by atoms with Crippen molar-refractivity contribution in [3.05, 3.63) is 10.7 Å². The van der Waals surface area contributed by atoms with Crippen LogP contribution in [0.1, 0.15) is 28.3 Å². The molecule has 0 spiro atoms. The van der Waals surface area contributed by atoms with Crippen LogP contribution in [0.2, 0.25) is 0 Å². The van der Waals surface area contributed by atoms with E-state index in [-0.39, 0.29) is 11.8 Å². The van der Waals surface area contributed by atoms with Gasteiger partial charge in [0.25, 0.3) is 0 Å². The second-order valence-corrected chi connectivity index (χ2v) is 4.77. The maximum atomic E-state index is 11.3. The molecule has 5 nitrogen and oxygen atoms in total. The molecule has 0 aliphatic carbocycles. The Hall–Kier alpha value is -1.14. The molecule has 0 radical (unpaired) electrons. The fraction of sp³-hybridized carbons (Fsp3) is 0.600. The molecule has 1 saturated heterocycles. The zero-order valence-corrected chi connectivity index (χ0v) is 9.88. The third-order valence-corrected chi connectivity index (χ3v) is 3.41. The number of hydrogen-bond donors (Lipinski definition) is 1. The summed E-state index contributed by atoms with van der Waals surface area (Å²) in [5, 5.41) is 1.25. The predicted molar refractivity (Wildman–Crippen MR) is 60.5 cm³/mol. The highest BCUT2D eigenvalue weighted by Crippen LogP contribution is 2.25. The van der Waals surface area contributed by atoms with Gasteiger partial charge in [-0.2, -0.15) is 0 Å². The Labute approximate surface area is 97.6 Å². The average molecular weight is 242 g/mol. The van der Waals surface area contributed by atoms with Crippen molar-refractivity contribution in [3.63, 3.8) is 0 Å². The Bertz CT molecular complexity index is 385. The summed E-state index contributed by atoms with van der Waals surface area (Å²) in [6.07, 6.45) is 3.09. The van der Waals surface area contributed by atoms with Gasteiger partial charge in [-0.3, -0.25) is 0 Å². The lowest BCUT2D eigenvalue weighted by molar-refractivity contribution is 0.0595. The van der Waals surface area contributed by atoms with E-state index in [2.05, 4.69) is 9.72 Å². The molecule has 6 heteroatoms. The maximum absolute atomic E-state index is 11.3. The van der Waals surface area contributed by atoms with Gasteiger partial charge in [0.1, 0.15) is 5.00 Å². The number of rotatable bonds is 3. The first-order valence-corrected chi connectivity index (χ1v) is 5.97. The smallest absolute Gasteiger partial charge is 0.359 e. The predicted octanol–water partition coefficient (Wildman–Crippen LogP) is 1.23. The first-order chi connectivity index (χ1) is 7.70. The molecule has 0 amide bonds. The number of aromatic nitrogens is 1. The monoisotopic (exact) mass is 242 g/mol. The van der Waals surface area contributed by atoms with E-state index >= 15 is 0 Å². The maximum Gasteiger partial charge on any atom is 0.359 e. The third-order valence-electron chi connectivity index (χ3n) is 2.50. The van der Waals surface area contributed by atoms with E-state index in [0.29, 0.717) is 5.00 Å². The van der Waals surface area contributed by atoms with Crippen LogP contribution < -0.4 is 5.73 Å². The molecule has 1 aliphatic heterocycles. The van der Waals surface area contributed by atoms with E-state index in [0.717, 1.165) is 30.9 Å². The minimum atomic E-state index is -0.479. The molecular weight excluding hydrogens is 228 g/mol. The summed E-state index contributed by atoms with van der Waals surface area (Å²) in [6, 6.07) is 0. The first-order valence-electron chi connectivity index (χ1n) is 5.16. The Morgan fingerprint density at radius 3 is 3.19 bits per heavy atom. The molecule has 1 atom stereocenters. The van der Waals surface area contributed by atoms with Crippen molar-refractivity contribution >= 4 is 22.3 Å². The molecule has 2 rings (SSSR count). The molecule has 2 N–H and O–H groups in total. The molecule has 1 fully saturated rings. The van der Waals surface area contributed by atoms with Gasteiger partial charge < -0.3 is 15.2 Å². The van der Waals surface area contributed by atoms with Crippen molar-refractivity contribution in [2.45, 2.75) is 25.4 Å². The normalized spacial score (nSPS) is 19.9. The molecule has 16 heavy (non-hydrogen) atoms. The van der Waals surface area contributed by atoms with Gasteiger partial charge in [-0.05, 0) is 12.8 Å². The summed E-state index contributed by atoms with van der Waals surface area (Å²) >= 11 is 1.33. The van der Waals surface area contributed by atoms with Crippen LogP contribution in [-0.2, 0) is 15.9 Å². The van der Waals surface area contributed by atoms with Crippen LogP contribution in [0.3, 0.4) is 0 Å². The summed E-state index contributed by atoms with van der Waals surface area (Å²) in [4.78, 5) is 15.5. The summed E-state index contributed by atoms with van der Waals surface area (Å²) in [5.74, 6) is -0.479. The van der Waals surface area contributed by atoms with E-state index in [9.17, 15) is 4.79 Å². The number of nitrogen functional groups attached to an aromatic ring is 1. The van der Waals surface area contributed by atoms with Crippen LogP contribution >= 0.6 is 11.3 Å². The fourth-order valence-corrected chi connectivity index (χ4v) is 2.59. The van der Waals surface area contributed by atoms with Gasteiger partial charge in [0, 0.05) is 13.0 Å². The molecule has 1 aromatic heterocycles. The van der Waals surface area contributed by atoms with Crippen molar-refractivity contribution in [2.75, 3.05) is 19.5 Å². The van der Waals surface area contributed by atoms with Crippen LogP contribution in [0.5, 0.6) is 0 Å². The number of esters is 1. The lowest BCUT2D eigenvalue weighted by atomic mass is 10.2. The molecule has 1 aromatic rings. The van der Waals surface area contributed by atoms with E-state index in [1.54, 1.807) is 0 Å². The Kier molecular flexibility index (Phi) is 3.40. The van der Waals surface area contributed by atoms with Crippen molar-refractivity contribution in [2.24, 2.45) is 0 Å². The van der Waals surface area contributed by atoms with Crippen molar-refractivity contribution in [3.8, 4) is 0 Å². The highest BCUT2D eigenvalue weighted by Gasteiger charge is 2.21. The van der Waals surface area contributed by atoms with Gasteiger partial charge in [0.2, 0.25) is 0 Å². The van der Waals surface area contributed by atoms with Crippen LogP contribution in [-0.4, -0.2) is 30.8 Å². The number of anilines is 1. The minimum absolute atomic E-state index is 0.219. The van der Waals surface area contributed by atoms with E-state index < -0.39 is 5.97 Å². The quantitative estimate of drug-likeness (QED) is 0.807. The van der Waals surface area contributed by atoms with Crippen LogP contribution in [0.25, 0.3) is 0 Å². The van der Waals surface area contributed by atoms with Gasteiger partial charge in [-0.1, -0.05) is 0 Å². The van der Waals surface area contributed by atoms with Gasteiger partial charge in [0.05, 0.1) is 18.2 Å². The molecule has 0 aromatic carbocycles. The molecular formula is C10H14N2O3S. The fourth-order valence-electron chi connectivity index (χ4n) is 1.71. The zero-order chi connectivity index (χ0) is 11.5. The summed E-state index contributed by atoms with van der Waals surface area (Å²) in [5.41, 5.74) is 5.93. The Morgan fingerprint density at radius 2 is 2.56 bits per heavy atom. The Morgan fingerprint density at radius 1 is 1.75 bits per heavy atom. The SMILES string of the molecule is COC(=O)c1nc(CC2CCCO2)sc1N. The standard InChI is InChI=1S/C10H14N2O3S/c1-14-10(13)8-9(11)16-7(12-8)5-6-3-2-4-15-6/h6H,2-5,11H2,1H3. The van der Waals surface area contributed by atoms with Gasteiger partial charge in [0.15, 0.2) is 5.69 Å². The zero-order valence-electron chi connectivity index (χ0n) is 9.06. The average Bonchev–Trinajstić information content (AvgIpc) is 2.88. The van der Waals surface area contributed by atoms with Crippen LogP contribution in [0.4, 0.5) is 5.00 Å². The second kappa shape index (κ2) is 4.80. The first kappa shape index (κ1) is 11.3. The van der Waals surface area contributed by atoms with Crippen molar-refractivity contribution in [1.29, 1.82) is 0 Å². The number of nitrogens with two attached hydrogens (primary N) is 1. The summed E-state index contributed by atoms with van der Waals surface area (Å²) in [7, 11) is 1.32. The number of thiazole rings is 1. The number of methoxy groups -OCH3 is 1. The third kappa shape index (κ3) is 2.33. The number of carbonyl (C=O) groups excluding carboxylic acids is 1. The highest BCUT2D eigenvalue weighted by molar-refractivity contribution is 7.15. The molecule has 88 valence electrons. The topological polar surface area (TPSA) is 74.4 Å². The molecule has 1 unspecified atom stereocenters. The minimum Gasteiger partial charge on any atom is -0.464 e. The number of hydrogen-bond acceptors (Lipinski definition) is 6. The molecule has 0 bridgehead atoms. The van der Waals surface area contributed by atoms with Crippen LogP contribution in [0.15, 0.2) is 0 Å². The lowest BCUT2D eigenvalue weighted by Gasteiger charge is -2.05. The summed E-state index contributed by atoms with van der Waals surface area (Å²) < 4.78 is 10.1. The Balaban J connectivity index is 2.07. The number of nitrogens with zero attached hydrogens (tertiary/aromatic N) is 1. The van der Waals surface area contributed by atoms with Gasteiger partial charge in [-0.15, -0.1) is 11.3 Å². The second-order valence-electron chi connectivity index (χ2n) is 3.65. The molecule has 0 saturated carbocycles. The van der Waals surface area contributed by atoms with Crippen LogP contribution in [0, 0.1) is 0 Å². The largest absolute Gasteiger partial charge is 0.464 e. The van der Waals surface area contributed by atoms with Crippen molar-refractivity contribution < 1.29 is 14.3 Å². The molecule has 2 heterocycles. The summed E-state index contributed by atoms with van der Waals surface area (Å²) in [6.45, 7) is 0.815. The number of carbonyl (C=O) groups is 1. The molecule has 1 aliphatic rings. The van der Waals surface area contributed by atoms with Gasteiger partial charge >= 0.3 is 5.97 Å². The van der Waals surface area contributed by atoms with E-state index in [4.69, 9.17) is 10.5 Å². The lowest BCUT2D eigenvalue weighted by Crippen LogP contribution is -2.09. The highest BCUT2D eigenvalue weighted by atomic mass is 32.1. The van der Waals surface area contributed by atoms with Crippen molar-refractivity contribution in [1.82, 2.24) is 4.98 Å².